The fraction of sp³-hybridized carbons (Fsp3) is 0.375. The highest BCUT2D eigenvalue weighted by Gasteiger charge is 2.12. The lowest BCUT2D eigenvalue weighted by molar-refractivity contribution is 1.01. The van der Waals surface area contributed by atoms with Gasteiger partial charge in [-0.25, -0.2) is 9.97 Å². The molecule has 1 aromatic heterocycles. The molecule has 0 atom stereocenters. The third-order valence-electron chi connectivity index (χ3n) is 4.14. The molecule has 0 saturated heterocycles. The molecule has 0 unspecified atom stereocenters. The maximum Gasteiger partial charge on any atom is 0.222 e. The summed E-state index contributed by atoms with van der Waals surface area (Å²) in [6.07, 6.45) is 3.50. The van der Waals surface area contributed by atoms with Crippen LogP contribution in [-0.4, -0.2) is 9.97 Å². The topological polar surface area (TPSA) is 37.8 Å². The van der Waals surface area contributed by atoms with Crippen molar-refractivity contribution in [2.75, 3.05) is 5.32 Å². The Kier molecular flexibility index (Phi) is 3.84. The molecule has 19 heavy (non-hydrogen) atoms. The first-order valence-electron chi connectivity index (χ1n) is 6.59. The summed E-state index contributed by atoms with van der Waals surface area (Å²) >= 11 is 0. The molecule has 0 saturated carbocycles. The molecule has 0 amide bonds. The molecule has 0 aliphatic heterocycles. The molecule has 3 nitrogen and oxygen atoms in total. The fourth-order valence-electron chi connectivity index (χ4n) is 2.40. The van der Waals surface area contributed by atoms with Crippen LogP contribution in [0.25, 0.3) is 0 Å². The summed E-state index contributed by atoms with van der Waals surface area (Å²) in [6.45, 7) is 11.7. The number of aromatic nitrogens is 2. The summed E-state index contributed by atoms with van der Waals surface area (Å²) in [6, 6.07) is 1.82. The van der Waals surface area contributed by atoms with Gasteiger partial charge in [0.25, 0.3) is 0 Å². The molecule has 0 fully saturated rings. The van der Waals surface area contributed by atoms with Gasteiger partial charge < -0.3 is 5.32 Å². The van der Waals surface area contributed by atoms with Crippen molar-refractivity contribution in [1.82, 2.24) is 9.97 Å². The molecule has 1 heterocycles. The molecule has 0 bridgehead atoms. The van der Waals surface area contributed by atoms with Crippen LogP contribution in [-0.2, 0) is 6.54 Å². The van der Waals surface area contributed by atoms with Gasteiger partial charge in [-0.15, -0.1) is 0 Å². The minimum absolute atomic E-state index is 0.678. The van der Waals surface area contributed by atoms with Gasteiger partial charge in [0.2, 0.25) is 5.95 Å². The Hall–Kier alpha value is -1.90. The average molecular weight is 255 g/mol. The number of benzene rings is 1. The van der Waals surface area contributed by atoms with E-state index in [1.807, 2.05) is 6.07 Å². The van der Waals surface area contributed by atoms with Gasteiger partial charge in [0.1, 0.15) is 0 Å². The van der Waals surface area contributed by atoms with Gasteiger partial charge >= 0.3 is 0 Å². The summed E-state index contributed by atoms with van der Waals surface area (Å²) in [5.41, 5.74) is 8.25. The van der Waals surface area contributed by atoms with E-state index in [0.717, 1.165) is 6.54 Å². The van der Waals surface area contributed by atoms with Crippen LogP contribution in [0.2, 0.25) is 0 Å². The Morgan fingerprint density at radius 3 is 1.79 bits per heavy atom. The zero-order chi connectivity index (χ0) is 14.0. The maximum atomic E-state index is 4.19. The Morgan fingerprint density at radius 2 is 1.26 bits per heavy atom. The molecule has 0 radical (unpaired) electrons. The van der Waals surface area contributed by atoms with E-state index in [4.69, 9.17) is 0 Å². The lowest BCUT2D eigenvalue weighted by atomic mass is 9.89. The predicted octanol–water partition coefficient (Wildman–Crippen LogP) is 3.63. The van der Waals surface area contributed by atoms with Crippen LogP contribution in [0.3, 0.4) is 0 Å². The summed E-state index contributed by atoms with van der Waals surface area (Å²) in [5.74, 6) is 0.678. The van der Waals surface area contributed by atoms with Crippen molar-refractivity contribution >= 4 is 5.95 Å². The normalized spacial score (nSPS) is 10.6. The number of hydrogen-bond donors (Lipinski definition) is 1. The third-order valence-corrected chi connectivity index (χ3v) is 4.14. The maximum absolute atomic E-state index is 4.19. The SMILES string of the molecule is Cc1c(C)c(C)c(CNc2ncccn2)c(C)c1C. The first-order valence-corrected chi connectivity index (χ1v) is 6.59. The molecule has 0 aliphatic carbocycles. The molecular weight excluding hydrogens is 234 g/mol. The monoisotopic (exact) mass is 255 g/mol. The van der Waals surface area contributed by atoms with E-state index in [1.165, 1.54) is 33.4 Å². The smallest absolute Gasteiger partial charge is 0.222 e. The predicted molar refractivity (Wildman–Crippen MR) is 79.5 cm³/mol. The fourth-order valence-corrected chi connectivity index (χ4v) is 2.40. The van der Waals surface area contributed by atoms with Crippen LogP contribution in [0.5, 0.6) is 0 Å². The molecule has 2 rings (SSSR count). The van der Waals surface area contributed by atoms with Crippen LogP contribution in [0.15, 0.2) is 18.5 Å². The van der Waals surface area contributed by atoms with Crippen molar-refractivity contribution in [3.05, 3.63) is 51.8 Å². The van der Waals surface area contributed by atoms with Gasteiger partial charge in [-0.2, -0.15) is 0 Å². The Labute approximate surface area is 115 Å². The minimum atomic E-state index is 0.678. The quantitative estimate of drug-likeness (QED) is 0.910. The summed E-state index contributed by atoms with van der Waals surface area (Å²) in [4.78, 5) is 8.39. The van der Waals surface area contributed by atoms with Gasteiger partial charge in [0, 0.05) is 18.9 Å². The number of nitrogens with zero attached hydrogens (tertiary/aromatic N) is 2. The zero-order valence-corrected chi connectivity index (χ0v) is 12.3. The first kappa shape index (κ1) is 13.5. The van der Waals surface area contributed by atoms with E-state index < -0.39 is 0 Å². The van der Waals surface area contributed by atoms with Gasteiger partial charge in [-0.1, -0.05) is 0 Å². The number of nitrogens with one attached hydrogen (secondary N) is 1. The third kappa shape index (κ3) is 2.60. The van der Waals surface area contributed by atoms with E-state index >= 15 is 0 Å². The van der Waals surface area contributed by atoms with Crippen molar-refractivity contribution in [2.45, 2.75) is 41.2 Å². The summed E-state index contributed by atoms with van der Waals surface area (Å²) in [5, 5.41) is 3.29. The first-order chi connectivity index (χ1) is 9.02. The second-order valence-electron chi connectivity index (χ2n) is 5.03. The minimum Gasteiger partial charge on any atom is -0.350 e. The van der Waals surface area contributed by atoms with Gasteiger partial charge in [0.15, 0.2) is 0 Å². The average Bonchev–Trinajstić information content (AvgIpc) is 2.44. The highest BCUT2D eigenvalue weighted by Crippen LogP contribution is 2.26. The largest absolute Gasteiger partial charge is 0.350 e. The van der Waals surface area contributed by atoms with Crippen LogP contribution in [0.1, 0.15) is 33.4 Å². The van der Waals surface area contributed by atoms with Crippen LogP contribution >= 0.6 is 0 Å². The van der Waals surface area contributed by atoms with E-state index in [-0.39, 0.29) is 0 Å². The van der Waals surface area contributed by atoms with E-state index in [1.54, 1.807) is 12.4 Å². The Morgan fingerprint density at radius 1 is 0.789 bits per heavy atom. The van der Waals surface area contributed by atoms with Crippen molar-refractivity contribution in [3.8, 4) is 0 Å². The lowest BCUT2D eigenvalue weighted by Gasteiger charge is -2.19. The Balaban J connectivity index is 2.31. The van der Waals surface area contributed by atoms with Crippen molar-refractivity contribution in [1.29, 1.82) is 0 Å². The number of hydrogen-bond acceptors (Lipinski definition) is 3. The van der Waals surface area contributed by atoms with Crippen molar-refractivity contribution < 1.29 is 0 Å². The molecule has 100 valence electrons. The summed E-state index contributed by atoms with van der Waals surface area (Å²) < 4.78 is 0. The van der Waals surface area contributed by atoms with Crippen molar-refractivity contribution in [3.63, 3.8) is 0 Å². The number of rotatable bonds is 3. The van der Waals surface area contributed by atoms with E-state index in [9.17, 15) is 0 Å². The molecular formula is C16H21N3. The molecule has 1 N–H and O–H groups in total. The zero-order valence-electron chi connectivity index (χ0n) is 12.3. The van der Waals surface area contributed by atoms with Gasteiger partial charge in [0.05, 0.1) is 0 Å². The van der Waals surface area contributed by atoms with Gasteiger partial charge in [-0.3, -0.25) is 0 Å². The van der Waals surface area contributed by atoms with Crippen LogP contribution < -0.4 is 5.32 Å². The number of anilines is 1. The second-order valence-corrected chi connectivity index (χ2v) is 5.03. The highest BCUT2D eigenvalue weighted by atomic mass is 15.1. The second kappa shape index (κ2) is 5.39. The molecule has 0 aliphatic rings. The van der Waals surface area contributed by atoms with Gasteiger partial charge in [-0.05, 0) is 74.1 Å². The van der Waals surface area contributed by atoms with E-state index in [2.05, 4.69) is 49.9 Å². The van der Waals surface area contributed by atoms with E-state index in [0.29, 0.717) is 5.95 Å². The molecule has 3 heteroatoms. The molecule has 0 spiro atoms. The van der Waals surface area contributed by atoms with Crippen molar-refractivity contribution in [2.24, 2.45) is 0 Å². The highest BCUT2D eigenvalue weighted by molar-refractivity contribution is 5.50. The lowest BCUT2D eigenvalue weighted by Crippen LogP contribution is -2.09. The standard InChI is InChI=1S/C16H21N3/c1-10-11(2)13(4)15(14(5)12(10)3)9-19-16-17-7-6-8-18-16/h6-8H,9H2,1-5H3,(H,17,18,19). The summed E-state index contributed by atoms with van der Waals surface area (Å²) in [7, 11) is 0. The Bertz CT molecular complexity index is 560. The molecule has 2 aromatic rings. The van der Waals surface area contributed by atoms with Crippen LogP contribution in [0.4, 0.5) is 5.95 Å². The van der Waals surface area contributed by atoms with Crippen LogP contribution in [0, 0.1) is 34.6 Å². The molecule has 1 aromatic carbocycles.